The van der Waals surface area contributed by atoms with Gasteiger partial charge in [0.05, 0.1) is 6.61 Å². The van der Waals surface area contributed by atoms with Crippen molar-refractivity contribution in [3.05, 3.63) is 0 Å². The number of fused-ring (bicyclic) bond motifs is 6. The summed E-state index contributed by atoms with van der Waals surface area (Å²) in [5.74, 6) is -1.58. The normalized spacial score (nSPS) is 53.9. The Morgan fingerprint density at radius 1 is 0.793 bits per heavy atom. The average Bonchev–Trinajstić information content (AvgIpc) is 2.74. The molecule has 0 radical (unpaired) electrons. The van der Waals surface area contributed by atoms with E-state index in [0.717, 1.165) is 31.1 Å². The lowest BCUT2D eigenvalue weighted by Gasteiger charge is -2.60. The molecule has 4 bridgehead atoms. The van der Waals surface area contributed by atoms with Crippen molar-refractivity contribution >= 4 is 0 Å². The molecular formula is C25H39F3O. The van der Waals surface area contributed by atoms with Crippen molar-refractivity contribution < 1.29 is 17.9 Å². The minimum absolute atomic E-state index is 0.0680. The number of alkyl halides is 3. The number of rotatable bonds is 4. The summed E-state index contributed by atoms with van der Waals surface area (Å²) in [7, 11) is 0. The number of ether oxygens (including phenoxy) is 1. The molecule has 1 nitrogen and oxygen atoms in total. The van der Waals surface area contributed by atoms with Crippen molar-refractivity contribution in [1.29, 1.82) is 0 Å². The average molecular weight is 413 g/mol. The summed E-state index contributed by atoms with van der Waals surface area (Å²) >= 11 is 0. The molecule has 0 saturated heterocycles. The van der Waals surface area contributed by atoms with Gasteiger partial charge in [0, 0.05) is 5.41 Å². The van der Waals surface area contributed by atoms with Crippen LogP contribution in [0.1, 0.15) is 104 Å². The van der Waals surface area contributed by atoms with Gasteiger partial charge < -0.3 is 4.74 Å². The lowest BCUT2D eigenvalue weighted by Crippen LogP contribution is -2.68. The predicted molar refractivity (Wildman–Crippen MR) is 109 cm³/mol. The molecule has 0 aromatic rings. The Hall–Kier alpha value is -0.250. The summed E-state index contributed by atoms with van der Waals surface area (Å²) < 4.78 is 50.9. The van der Waals surface area contributed by atoms with E-state index in [1.165, 1.54) is 44.9 Å². The Labute approximate surface area is 174 Å². The monoisotopic (exact) mass is 412 g/mol. The second-order valence-electron chi connectivity index (χ2n) is 12.2. The highest BCUT2D eigenvalue weighted by Gasteiger charge is 2.71. The van der Waals surface area contributed by atoms with Crippen molar-refractivity contribution in [3.8, 4) is 0 Å². The lowest BCUT2D eigenvalue weighted by molar-refractivity contribution is -0.318. The second kappa shape index (κ2) is 6.62. The highest BCUT2D eigenvalue weighted by Crippen LogP contribution is 2.65. The fraction of sp³-hybridized carbons (Fsp3) is 1.00. The maximum Gasteiger partial charge on any atom is 0.307 e. The first kappa shape index (κ1) is 20.6. The first-order valence-corrected chi connectivity index (χ1v) is 12.3. The Balaban J connectivity index is 1.24. The van der Waals surface area contributed by atoms with Gasteiger partial charge in [0.25, 0.3) is 0 Å². The van der Waals surface area contributed by atoms with E-state index in [2.05, 4.69) is 6.92 Å². The van der Waals surface area contributed by atoms with E-state index in [9.17, 15) is 4.39 Å². The molecule has 4 heteroatoms. The zero-order chi connectivity index (χ0) is 20.5. The summed E-state index contributed by atoms with van der Waals surface area (Å²) in [5.41, 5.74) is -1.83. The first-order valence-electron chi connectivity index (χ1n) is 12.3. The van der Waals surface area contributed by atoms with Crippen LogP contribution >= 0.6 is 0 Å². The van der Waals surface area contributed by atoms with Crippen molar-refractivity contribution in [3.63, 3.8) is 0 Å². The van der Waals surface area contributed by atoms with Crippen LogP contribution in [0.2, 0.25) is 0 Å². The molecule has 1 unspecified atom stereocenters. The number of hydrogen-bond donors (Lipinski definition) is 0. The SMILES string of the molecule is CC1CCC(C23CCC(COC45CCC(C)(CC4)C(F)C5(F)F)(CC2)CC3)CC1. The van der Waals surface area contributed by atoms with Crippen LogP contribution in [0.4, 0.5) is 13.2 Å². The molecule has 1 atom stereocenters. The van der Waals surface area contributed by atoms with Gasteiger partial charge in [0.15, 0.2) is 6.17 Å². The zero-order valence-corrected chi connectivity index (χ0v) is 18.4. The quantitative estimate of drug-likeness (QED) is 0.465. The number of halogens is 3. The molecule has 7 aliphatic rings. The molecule has 7 aliphatic carbocycles. The van der Waals surface area contributed by atoms with Crippen molar-refractivity contribution in [2.24, 2.45) is 28.1 Å². The summed E-state index contributed by atoms with van der Waals surface area (Å²) in [6, 6.07) is 0. The molecule has 0 heterocycles. The minimum Gasteiger partial charge on any atom is -0.368 e. The van der Waals surface area contributed by atoms with Gasteiger partial charge in [-0.15, -0.1) is 0 Å². The van der Waals surface area contributed by atoms with Gasteiger partial charge in [-0.3, -0.25) is 0 Å². The highest BCUT2D eigenvalue weighted by molar-refractivity contribution is 5.15. The Bertz CT molecular complexity index is 603. The van der Waals surface area contributed by atoms with E-state index < -0.39 is 23.1 Å². The Kier molecular flexibility index (Phi) is 4.72. The van der Waals surface area contributed by atoms with Crippen molar-refractivity contribution in [2.45, 2.75) is 121 Å². The van der Waals surface area contributed by atoms with Crippen LogP contribution < -0.4 is 0 Å². The molecular weight excluding hydrogens is 373 g/mol. The van der Waals surface area contributed by atoms with Gasteiger partial charge in [0.2, 0.25) is 0 Å². The van der Waals surface area contributed by atoms with Crippen LogP contribution in [0.5, 0.6) is 0 Å². The smallest absolute Gasteiger partial charge is 0.307 e. The van der Waals surface area contributed by atoms with Crippen molar-refractivity contribution in [1.82, 2.24) is 0 Å². The van der Waals surface area contributed by atoms with Crippen LogP contribution in [-0.2, 0) is 4.74 Å². The van der Waals surface area contributed by atoms with E-state index in [1.807, 2.05) is 0 Å². The third-order valence-corrected chi connectivity index (χ3v) is 10.7. The van der Waals surface area contributed by atoms with E-state index in [1.54, 1.807) is 6.92 Å². The molecule has 7 fully saturated rings. The fourth-order valence-electron chi connectivity index (χ4n) is 8.01. The van der Waals surface area contributed by atoms with Crippen LogP contribution in [0.15, 0.2) is 0 Å². The largest absolute Gasteiger partial charge is 0.368 e. The molecule has 0 amide bonds. The second-order valence-corrected chi connectivity index (χ2v) is 12.2. The van der Waals surface area contributed by atoms with E-state index in [0.29, 0.717) is 37.7 Å². The van der Waals surface area contributed by atoms with Crippen LogP contribution in [0.25, 0.3) is 0 Å². The Morgan fingerprint density at radius 2 is 1.34 bits per heavy atom. The molecule has 0 N–H and O–H groups in total. The van der Waals surface area contributed by atoms with E-state index in [-0.39, 0.29) is 5.41 Å². The van der Waals surface area contributed by atoms with Gasteiger partial charge >= 0.3 is 5.92 Å². The van der Waals surface area contributed by atoms with Crippen LogP contribution in [-0.4, -0.2) is 24.3 Å². The van der Waals surface area contributed by atoms with E-state index >= 15 is 8.78 Å². The molecule has 7 saturated carbocycles. The minimum atomic E-state index is -3.35. The standard InChI is InChI=1S/C25H39F3O/c1-18-3-5-19(6-4-18)23-12-9-22(10-13-23,11-14-23)17-29-24-15-7-21(2,8-16-24)20(26)25(24,27)28/h18-20H,3-17H2,1-2H3. The maximum absolute atomic E-state index is 15.0. The molecule has 29 heavy (non-hydrogen) atoms. The molecule has 0 spiro atoms. The third-order valence-electron chi connectivity index (χ3n) is 10.7. The molecule has 0 aliphatic heterocycles. The van der Waals surface area contributed by atoms with Gasteiger partial charge in [-0.2, -0.15) is 0 Å². The van der Waals surface area contributed by atoms with E-state index in [4.69, 9.17) is 4.74 Å². The fourth-order valence-corrected chi connectivity index (χ4v) is 8.01. The molecule has 7 rings (SSSR count). The first-order chi connectivity index (χ1) is 13.6. The molecule has 166 valence electrons. The van der Waals surface area contributed by atoms with Gasteiger partial charge in [-0.25, -0.2) is 13.2 Å². The predicted octanol–water partition coefficient (Wildman–Crippen LogP) is 7.48. The lowest BCUT2D eigenvalue weighted by atomic mass is 9.48. The van der Waals surface area contributed by atoms with Crippen LogP contribution in [0, 0.1) is 28.1 Å². The van der Waals surface area contributed by atoms with Gasteiger partial charge in [-0.1, -0.05) is 26.7 Å². The number of hydrogen-bond acceptors (Lipinski definition) is 1. The van der Waals surface area contributed by atoms with Crippen LogP contribution in [0.3, 0.4) is 0 Å². The third kappa shape index (κ3) is 2.97. The van der Waals surface area contributed by atoms with Gasteiger partial charge in [0.1, 0.15) is 5.60 Å². The molecule has 0 aromatic heterocycles. The molecule has 0 aromatic carbocycles. The summed E-state index contributed by atoms with van der Waals surface area (Å²) in [4.78, 5) is 0. The summed E-state index contributed by atoms with van der Waals surface area (Å²) in [6.45, 7) is 4.50. The maximum atomic E-state index is 15.0. The van der Waals surface area contributed by atoms with Gasteiger partial charge in [-0.05, 0) is 99.7 Å². The summed E-state index contributed by atoms with van der Waals surface area (Å²) in [5, 5.41) is 0. The van der Waals surface area contributed by atoms with Crippen molar-refractivity contribution in [2.75, 3.05) is 6.61 Å². The Morgan fingerprint density at radius 3 is 1.90 bits per heavy atom. The highest BCUT2D eigenvalue weighted by atomic mass is 19.3. The summed E-state index contributed by atoms with van der Waals surface area (Å²) in [6.07, 6.45) is 12.3. The topological polar surface area (TPSA) is 9.23 Å². The zero-order valence-electron chi connectivity index (χ0n) is 18.4.